The van der Waals surface area contributed by atoms with Crippen LogP contribution in [0.25, 0.3) is 56.7 Å². The number of alkyl halides is 12. The third-order valence-electron chi connectivity index (χ3n) is 13.9. The maximum atomic E-state index is 14.6. The van der Waals surface area contributed by atoms with Gasteiger partial charge in [-0.25, -0.2) is 0 Å². The Morgan fingerprint density at radius 1 is 0.429 bits per heavy atom. The SMILES string of the molecule is CC(C)C1=Cc2c(ccc(-c3ccccc3)c2-c2cc(C(F)(F)F)cc(C(F)(F)F)c2)[CH]1[Zr]([Cl])([Cl])([CH]1C(C(C)C)=Cc2c1ccc(-c1ccccc1)c2-c1cc(C(F)(F)F)cc(C(F)(F)F)c1)[SiH](C)C. The van der Waals surface area contributed by atoms with E-state index in [4.69, 9.17) is 17.0 Å². The summed E-state index contributed by atoms with van der Waals surface area (Å²) in [5.74, 6) is -3.14. The van der Waals surface area contributed by atoms with Gasteiger partial charge in [-0.2, -0.15) is 0 Å². The molecular weight excluding hydrogens is 1070 g/mol. The standard InChI is InChI=1S/2C26H19F6.C2H7Si.2ClH.Zr/c2*1-15(2)18-10-17-8-9-22(16-6-4-3-5-7-16)24(23(17)13-18)19-11-20(25(27,28)29)14-21(12-19)26(30,31)32;1-3-2;;;/h2*3-15H,1-2H3;3H,1-2H3;2*1H;/q;;;;;+2/p-2. The molecule has 0 N–H and O–H groups in total. The Balaban J connectivity index is 1.47. The Labute approximate surface area is 406 Å². The van der Waals surface area contributed by atoms with Gasteiger partial charge in [0.15, 0.2) is 0 Å². The van der Waals surface area contributed by atoms with Crippen LogP contribution < -0.4 is 0 Å². The van der Waals surface area contributed by atoms with Crippen molar-refractivity contribution >= 4 is 35.1 Å². The summed E-state index contributed by atoms with van der Waals surface area (Å²) in [7, 11) is 17.4. The number of rotatable bonds is 9. The molecule has 70 heavy (non-hydrogen) atoms. The van der Waals surface area contributed by atoms with Crippen molar-refractivity contribution in [2.75, 3.05) is 0 Å². The minimum absolute atomic E-state index is 0.0868. The van der Waals surface area contributed by atoms with Crippen LogP contribution in [0.15, 0.2) is 132 Å². The van der Waals surface area contributed by atoms with E-state index < -0.39 is 75.7 Å². The van der Waals surface area contributed by atoms with E-state index in [1.807, 2.05) is 40.8 Å². The minimum atomic E-state index is -6.02. The van der Waals surface area contributed by atoms with E-state index in [-0.39, 0.29) is 46.2 Å². The third-order valence-corrected chi connectivity index (χ3v) is 65.6. The van der Waals surface area contributed by atoms with E-state index in [0.29, 0.717) is 55.7 Å². The topological polar surface area (TPSA) is 0 Å². The van der Waals surface area contributed by atoms with Gasteiger partial charge in [-0.15, -0.1) is 0 Å². The van der Waals surface area contributed by atoms with E-state index in [1.165, 1.54) is 0 Å². The van der Waals surface area contributed by atoms with Crippen molar-refractivity contribution in [3.63, 3.8) is 0 Å². The zero-order valence-corrected chi connectivity index (χ0v) is 43.5. The van der Waals surface area contributed by atoms with Gasteiger partial charge >= 0.3 is 409 Å². The summed E-state index contributed by atoms with van der Waals surface area (Å²) in [6.45, 7) is 11.6. The predicted molar refractivity (Wildman–Crippen MR) is 256 cm³/mol. The third kappa shape index (κ3) is 9.10. The molecule has 0 radical (unpaired) electrons. The van der Waals surface area contributed by atoms with Crippen LogP contribution in [-0.2, 0) is 40.3 Å². The Bertz CT molecular complexity index is 2810. The number of hydrogen-bond acceptors (Lipinski definition) is 0. The van der Waals surface area contributed by atoms with Crippen LogP contribution in [0.4, 0.5) is 52.7 Å². The molecule has 0 heterocycles. The van der Waals surface area contributed by atoms with Crippen molar-refractivity contribution in [1.29, 1.82) is 0 Å². The van der Waals surface area contributed by atoms with Crippen molar-refractivity contribution in [1.82, 2.24) is 0 Å². The molecule has 0 bridgehead atoms. The summed E-state index contributed by atoms with van der Waals surface area (Å²) in [4.78, 5) is 0. The Morgan fingerprint density at radius 3 is 0.986 bits per heavy atom. The van der Waals surface area contributed by atoms with Gasteiger partial charge < -0.3 is 0 Å². The molecule has 6 aromatic carbocycles. The van der Waals surface area contributed by atoms with Gasteiger partial charge in [-0.1, -0.05) is 0 Å². The summed E-state index contributed by atoms with van der Waals surface area (Å²) < 4.78 is 173. The van der Waals surface area contributed by atoms with Crippen LogP contribution in [0.5, 0.6) is 0 Å². The normalized spacial score (nSPS) is 17.2. The van der Waals surface area contributed by atoms with E-state index in [0.717, 1.165) is 24.3 Å². The molecule has 0 aliphatic heterocycles. The molecule has 2 aliphatic rings. The van der Waals surface area contributed by atoms with Gasteiger partial charge in [0, 0.05) is 0 Å². The summed E-state index contributed by atoms with van der Waals surface area (Å²) >= 11 is -6.02. The van der Waals surface area contributed by atoms with Crippen molar-refractivity contribution in [3.05, 3.63) is 177 Å². The zero-order chi connectivity index (χ0) is 51.3. The van der Waals surface area contributed by atoms with Crippen molar-refractivity contribution in [2.45, 2.75) is 72.7 Å². The second kappa shape index (κ2) is 18.0. The number of halogens is 14. The molecule has 0 saturated carbocycles. The van der Waals surface area contributed by atoms with Gasteiger partial charge in [0.2, 0.25) is 0 Å². The molecule has 0 saturated heterocycles. The van der Waals surface area contributed by atoms with Crippen LogP contribution in [-0.4, -0.2) is 5.92 Å². The molecule has 0 aromatic heterocycles. The molecule has 2 unspecified atom stereocenters. The van der Waals surface area contributed by atoms with Gasteiger partial charge in [0.05, 0.1) is 0 Å². The molecule has 2 aliphatic carbocycles. The maximum absolute atomic E-state index is 14.6. The second-order valence-corrected chi connectivity index (χ2v) is 61.7. The molecule has 0 amide bonds. The van der Waals surface area contributed by atoms with E-state index in [2.05, 4.69) is 0 Å². The molecule has 6 aromatic rings. The Kier molecular flexibility index (Phi) is 13.4. The van der Waals surface area contributed by atoms with Gasteiger partial charge in [0.25, 0.3) is 0 Å². The fourth-order valence-corrected chi connectivity index (χ4v) is 42.0. The van der Waals surface area contributed by atoms with Gasteiger partial charge in [-0.05, 0) is 0 Å². The fourth-order valence-electron chi connectivity index (χ4n) is 10.5. The predicted octanol–water partition coefficient (Wildman–Crippen LogP) is 19.3. The first-order valence-electron chi connectivity index (χ1n) is 22.5. The molecule has 2 atom stereocenters. The number of allylic oxidation sites excluding steroid dienone is 2. The first-order valence-corrected chi connectivity index (χ1v) is 38.8. The first-order chi connectivity index (χ1) is 32.4. The fraction of sp³-hybridized carbons (Fsp3) is 0.259. The van der Waals surface area contributed by atoms with Crippen molar-refractivity contribution in [3.8, 4) is 44.5 Å². The zero-order valence-electron chi connectivity index (χ0n) is 38.4. The number of fused-ring (bicyclic) bond motifs is 2. The Hall–Kier alpha value is -4.36. The summed E-state index contributed by atoms with van der Waals surface area (Å²) in [5, 5.41) is 0. The van der Waals surface area contributed by atoms with E-state index in [1.54, 1.807) is 97.1 Å². The second-order valence-electron chi connectivity index (χ2n) is 19.1. The van der Waals surface area contributed by atoms with Crippen LogP contribution in [0.1, 0.15) is 79.5 Å². The molecule has 367 valence electrons. The van der Waals surface area contributed by atoms with Crippen molar-refractivity contribution in [2.24, 2.45) is 11.8 Å². The quantitative estimate of drug-likeness (QED) is 0.1000. The molecule has 0 nitrogen and oxygen atoms in total. The summed E-state index contributed by atoms with van der Waals surface area (Å²) in [5.41, 5.74) is -1.45. The molecular formula is C54H45Cl2F12SiZr. The monoisotopic (exact) mass is 1110 g/mol. The number of benzene rings is 6. The van der Waals surface area contributed by atoms with Gasteiger partial charge in [-0.3, -0.25) is 0 Å². The first kappa shape index (κ1) is 52.0. The van der Waals surface area contributed by atoms with E-state index in [9.17, 15) is 52.7 Å². The molecule has 0 spiro atoms. The van der Waals surface area contributed by atoms with Crippen LogP contribution >= 0.6 is 17.0 Å². The molecule has 0 fully saturated rings. The van der Waals surface area contributed by atoms with Crippen molar-refractivity contribution < 1.29 is 68.2 Å². The summed E-state index contributed by atoms with van der Waals surface area (Å²) in [6.07, 6.45) is -17.0. The van der Waals surface area contributed by atoms with Crippen LogP contribution in [0.3, 0.4) is 0 Å². The van der Waals surface area contributed by atoms with Gasteiger partial charge in [0.1, 0.15) is 0 Å². The molecule has 8 rings (SSSR count). The average molecular weight is 1110 g/mol. The van der Waals surface area contributed by atoms with E-state index >= 15 is 0 Å². The van der Waals surface area contributed by atoms with Crippen LogP contribution in [0, 0.1) is 11.8 Å². The number of hydrogen-bond donors (Lipinski definition) is 0. The molecule has 16 heteroatoms. The Morgan fingerprint density at radius 2 is 0.729 bits per heavy atom. The average Bonchev–Trinajstić information content (AvgIpc) is 3.89. The van der Waals surface area contributed by atoms with Crippen LogP contribution in [0.2, 0.25) is 13.1 Å². The summed E-state index contributed by atoms with van der Waals surface area (Å²) in [6, 6.07) is 27.1.